The summed E-state index contributed by atoms with van der Waals surface area (Å²) < 4.78 is 40.1. The normalized spacial score (nSPS) is 15.5. The van der Waals surface area contributed by atoms with E-state index in [1.807, 2.05) is 0 Å². The lowest BCUT2D eigenvalue weighted by Crippen LogP contribution is -2.45. The van der Waals surface area contributed by atoms with Gasteiger partial charge in [0.25, 0.3) is 5.91 Å². The van der Waals surface area contributed by atoms with Crippen LogP contribution in [0.4, 0.5) is 18.0 Å². The number of alkyl halides is 3. The van der Waals surface area contributed by atoms with Crippen LogP contribution in [0.15, 0.2) is 24.3 Å². The smallest absolute Gasteiger partial charge is 0.406 e. The van der Waals surface area contributed by atoms with Gasteiger partial charge in [0.15, 0.2) is 0 Å². The number of halogens is 3. The highest BCUT2D eigenvalue weighted by molar-refractivity contribution is 5.94. The minimum atomic E-state index is -4.76. The van der Waals surface area contributed by atoms with Crippen molar-refractivity contribution < 1.29 is 27.5 Å². The first-order valence-corrected chi connectivity index (χ1v) is 8.26. The van der Waals surface area contributed by atoms with Gasteiger partial charge in [-0.1, -0.05) is 0 Å². The second-order valence-electron chi connectivity index (χ2n) is 6.39. The average molecular weight is 373 g/mol. The number of ether oxygens (including phenoxy) is 1. The van der Waals surface area contributed by atoms with Gasteiger partial charge in [0, 0.05) is 39.3 Å². The molecule has 6 nitrogen and oxygen atoms in total. The fraction of sp³-hybridized carbons (Fsp3) is 0.529. The van der Waals surface area contributed by atoms with Gasteiger partial charge in [-0.15, -0.1) is 13.2 Å². The number of urea groups is 1. The number of rotatable bonds is 4. The monoisotopic (exact) mass is 373 g/mol. The Morgan fingerprint density at radius 2 is 1.77 bits per heavy atom. The zero-order valence-corrected chi connectivity index (χ0v) is 14.7. The highest BCUT2D eigenvalue weighted by atomic mass is 19.4. The quantitative estimate of drug-likeness (QED) is 0.883. The Kier molecular flexibility index (Phi) is 6.33. The second kappa shape index (κ2) is 8.29. The number of carbonyl (C=O) groups is 2. The molecule has 0 aromatic heterocycles. The van der Waals surface area contributed by atoms with E-state index in [4.69, 9.17) is 0 Å². The van der Waals surface area contributed by atoms with Gasteiger partial charge in [-0.3, -0.25) is 4.79 Å². The maximum atomic E-state index is 12.1. The highest BCUT2D eigenvalue weighted by Crippen LogP contribution is 2.23. The summed E-state index contributed by atoms with van der Waals surface area (Å²) in [7, 11) is 3.42. The molecule has 0 spiro atoms. The second-order valence-corrected chi connectivity index (χ2v) is 6.39. The maximum Gasteiger partial charge on any atom is 0.573 e. The fourth-order valence-corrected chi connectivity index (χ4v) is 2.76. The molecule has 144 valence electrons. The van der Waals surface area contributed by atoms with Crippen LogP contribution in [0.2, 0.25) is 0 Å². The molecule has 1 saturated heterocycles. The van der Waals surface area contributed by atoms with Crippen molar-refractivity contribution >= 4 is 11.9 Å². The van der Waals surface area contributed by atoms with E-state index < -0.39 is 6.36 Å². The van der Waals surface area contributed by atoms with Crippen LogP contribution < -0.4 is 10.1 Å². The number of hydrogen-bond donors (Lipinski definition) is 1. The van der Waals surface area contributed by atoms with Gasteiger partial charge in [0.05, 0.1) is 0 Å². The Balaban J connectivity index is 1.78. The van der Waals surface area contributed by atoms with Crippen molar-refractivity contribution in [3.8, 4) is 5.75 Å². The van der Waals surface area contributed by atoms with E-state index in [1.165, 1.54) is 17.0 Å². The molecule has 1 heterocycles. The molecular weight excluding hydrogens is 351 g/mol. The van der Waals surface area contributed by atoms with Crippen LogP contribution in [0.25, 0.3) is 0 Å². The van der Waals surface area contributed by atoms with Crippen molar-refractivity contribution in [2.75, 3.05) is 33.7 Å². The minimum Gasteiger partial charge on any atom is -0.406 e. The van der Waals surface area contributed by atoms with Gasteiger partial charge in [0.1, 0.15) is 5.75 Å². The molecule has 0 saturated carbocycles. The zero-order chi connectivity index (χ0) is 19.3. The third kappa shape index (κ3) is 5.82. The summed E-state index contributed by atoms with van der Waals surface area (Å²) in [6.07, 6.45) is -3.18. The van der Waals surface area contributed by atoms with Crippen LogP contribution in [0.1, 0.15) is 23.2 Å². The summed E-state index contributed by atoms with van der Waals surface area (Å²) in [5.41, 5.74) is 0.264. The van der Waals surface area contributed by atoms with Crippen LogP contribution in [-0.2, 0) is 0 Å². The summed E-state index contributed by atoms with van der Waals surface area (Å²) in [4.78, 5) is 27.3. The molecule has 3 amide bonds. The SMILES string of the molecule is CN(C)C(=O)N1CCC(CNC(=O)c2ccc(OC(F)(F)F)cc2)CC1. The summed E-state index contributed by atoms with van der Waals surface area (Å²) in [6.45, 7) is 1.74. The van der Waals surface area contributed by atoms with E-state index in [2.05, 4.69) is 10.1 Å². The third-order valence-electron chi connectivity index (χ3n) is 4.17. The van der Waals surface area contributed by atoms with Gasteiger partial charge >= 0.3 is 12.4 Å². The van der Waals surface area contributed by atoms with E-state index in [0.717, 1.165) is 25.0 Å². The van der Waals surface area contributed by atoms with Gasteiger partial charge < -0.3 is 19.9 Å². The molecule has 1 aromatic rings. The molecule has 26 heavy (non-hydrogen) atoms. The molecular formula is C17H22F3N3O3. The van der Waals surface area contributed by atoms with Gasteiger partial charge in [-0.25, -0.2) is 4.79 Å². The lowest BCUT2D eigenvalue weighted by Gasteiger charge is -2.33. The highest BCUT2D eigenvalue weighted by Gasteiger charge is 2.31. The Morgan fingerprint density at radius 1 is 1.19 bits per heavy atom. The molecule has 0 bridgehead atoms. The summed E-state index contributed by atoms with van der Waals surface area (Å²) in [6, 6.07) is 4.76. The fourth-order valence-electron chi connectivity index (χ4n) is 2.76. The largest absolute Gasteiger partial charge is 0.573 e. The molecule has 1 aromatic carbocycles. The number of nitrogens with zero attached hydrogens (tertiary/aromatic N) is 2. The number of amides is 3. The van der Waals surface area contributed by atoms with Crippen molar-refractivity contribution in [3.05, 3.63) is 29.8 Å². The Morgan fingerprint density at radius 3 is 2.27 bits per heavy atom. The summed E-state index contributed by atoms with van der Waals surface area (Å²) >= 11 is 0. The van der Waals surface area contributed by atoms with Gasteiger partial charge in [-0.2, -0.15) is 0 Å². The van der Waals surface area contributed by atoms with Crippen LogP contribution in [-0.4, -0.2) is 61.8 Å². The predicted molar refractivity (Wildman–Crippen MR) is 88.8 cm³/mol. The van der Waals surface area contributed by atoms with Crippen LogP contribution in [0.5, 0.6) is 5.75 Å². The van der Waals surface area contributed by atoms with E-state index in [0.29, 0.717) is 19.6 Å². The maximum absolute atomic E-state index is 12.1. The summed E-state index contributed by atoms with van der Waals surface area (Å²) in [5, 5.41) is 2.79. The Bertz CT molecular complexity index is 624. The number of hydrogen-bond acceptors (Lipinski definition) is 3. The van der Waals surface area contributed by atoms with Gasteiger partial charge in [0.2, 0.25) is 0 Å². The van der Waals surface area contributed by atoms with Crippen molar-refractivity contribution in [2.45, 2.75) is 19.2 Å². The lowest BCUT2D eigenvalue weighted by atomic mass is 9.97. The lowest BCUT2D eigenvalue weighted by molar-refractivity contribution is -0.274. The van der Waals surface area contributed by atoms with E-state index in [-0.39, 0.29) is 29.2 Å². The van der Waals surface area contributed by atoms with Gasteiger partial charge in [-0.05, 0) is 43.0 Å². The molecule has 1 aliphatic heterocycles. The zero-order valence-electron chi connectivity index (χ0n) is 14.7. The molecule has 1 fully saturated rings. The molecule has 0 aliphatic carbocycles. The van der Waals surface area contributed by atoms with E-state index in [9.17, 15) is 22.8 Å². The minimum absolute atomic E-state index is 0.0198. The Hall–Kier alpha value is -2.45. The molecule has 1 N–H and O–H groups in total. The Labute approximate surface area is 149 Å². The first-order valence-electron chi connectivity index (χ1n) is 8.26. The van der Waals surface area contributed by atoms with E-state index >= 15 is 0 Å². The molecule has 0 unspecified atom stereocenters. The predicted octanol–water partition coefficient (Wildman–Crippen LogP) is 2.71. The first-order chi connectivity index (χ1) is 12.2. The molecule has 2 rings (SSSR count). The number of likely N-dealkylation sites (tertiary alicyclic amines) is 1. The van der Waals surface area contributed by atoms with Crippen molar-refractivity contribution in [1.29, 1.82) is 0 Å². The van der Waals surface area contributed by atoms with Crippen LogP contribution in [0, 0.1) is 5.92 Å². The number of piperidine rings is 1. The van der Waals surface area contributed by atoms with E-state index in [1.54, 1.807) is 19.0 Å². The number of carbonyl (C=O) groups excluding carboxylic acids is 2. The topological polar surface area (TPSA) is 61.9 Å². The summed E-state index contributed by atoms with van der Waals surface area (Å²) in [5.74, 6) is -0.458. The standard InChI is InChI=1S/C17H22F3N3O3/c1-22(2)16(25)23-9-7-12(8-10-23)11-21-15(24)13-3-5-14(6-4-13)26-17(18,19)20/h3-6,12H,7-11H2,1-2H3,(H,21,24). The molecule has 1 aliphatic rings. The molecule has 0 radical (unpaired) electrons. The third-order valence-corrected chi connectivity index (χ3v) is 4.17. The average Bonchev–Trinajstić information content (AvgIpc) is 2.58. The molecule has 9 heteroatoms. The number of nitrogens with one attached hydrogen (secondary N) is 1. The van der Waals surface area contributed by atoms with Crippen molar-refractivity contribution in [1.82, 2.24) is 15.1 Å². The first kappa shape index (κ1) is 19.9. The number of benzene rings is 1. The van der Waals surface area contributed by atoms with Crippen molar-refractivity contribution in [2.24, 2.45) is 5.92 Å². The van der Waals surface area contributed by atoms with Crippen LogP contribution in [0.3, 0.4) is 0 Å². The molecule has 0 atom stereocenters. The van der Waals surface area contributed by atoms with Crippen molar-refractivity contribution in [3.63, 3.8) is 0 Å². The van der Waals surface area contributed by atoms with Crippen LogP contribution >= 0.6 is 0 Å².